The number of rotatable bonds is 6. The number of aromatic nitrogens is 4. The Hall–Kier alpha value is -1.41. The number of hydrogen-bond donors (Lipinski definition) is 1. The van der Waals surface area contributed by atoms with Crippen LogP contribution in [-0.2, 0) is 4.79 Å². The third kappa shape index (κ3) is 3.57. The zero-order valence-electron chi connectivity index (χ0n) is 11.6. The van der Waals surface area contributed by atoms with Crippen LogP contribution < -0.4 is 5.32 Å². The first-order chi connectivity index (χ1) is 9.61. The Morgan fingerprint density at radius 1 is 1.55 bits per heavy atom. The third-order valence-corrected chi connectivity index (χ3v) is 4.83. The molecule has 8 heteroatoms. The van der Waals surface area contributed by atoms with Crippen LogP contribution in [0, 0.1) is 0 Å². The minimum Gasteiger partial charge on any atom is -0.310 e. The summed E-state index contributed by atoms with van der Waals surface area (Å²) in [6.45, 7) is 6.01. The second-order valence-electron chi connectivity index (χ2n) is 4.37. The van der Waals surface area contributed by atoms with E-state index in [1.807, 2.05) is 17.7 Å². The van der Waals surface area contributed by atoms with Crippen LogP contribution in [0.15, 0.2) is 22.1 Å². The molecule has 2 heterocycles. The molecule has 108 valence electrons. The summed E-state index contributed by atoms with van der Waals surface area (Å²) in [5, 5.41) is 14.6. The first kappa shape index (κ1) is 15.0. The first-order valence-electron chi connectivity index (χ1n) is 6.39. The normalized spacial score (nSPS) is 13.9. The van der Waals surface area contributed by atoms with Gasteiger partial charge < -0.3 is 5.32 Å². The van der Waals surface area contributed by atoms with Gasteiger partial charge in [0, 0.05) is 6.07 Å². The Labute approximate surface area is 126 Å². The molecule has 0 bridgehead atoms. The van der Waals surface area contributed by atoms with Crippen molar-refractivity contribution in [1.82, 2.24) is 20.0 Å². The highest BCUT2D eigenvalue weighted by molar-refractivity contribution is 8.02. The molecule has 0 unspecified atom stereocenters. The number of carbonyl (C=O) groups is 1. The highest BCUT2D eigenvalue weighted by Gasteiger charge is 2.18. The number of nitrogens with zero attached hydrogens (tertiary/aromatic N) is 4. The van der Waals surface area contributed by atoms with Gasteiger partial charge in [-0.25, -0.2) is 4.68 Å². The lowest BCUT2D eigenvalue weighted by atomic mass is 10.3. The quantitative estimate of drug-likeness (QED) is 0.830. The van der Waals surface area contributed by atoms with Crippen molar-refractivity contribution in [1.29, 1.82) is 0 Å². The summed E-state index contributed by atoms with van der Waals surface area (Å²) in [7, 11) is 0. The van der Waals surface area contributed by atoms with Gasteiger partial charge in [0.05, 0.1) is 17.5 Å². The van der Waals surface area contributed by atoms with Gasteiger partial charge in [0.25, 0.3) is 0 Å². The summed E-state index contributed by atoms with van der Waals surface area (Å²) >= 11 is 2.83. The maximum atomic E-state index is 12.2. The number of nitrogens with one attached hydrogen (secondary N) is 1. The molecule has 0 radical (unpaired) electrons. The summed E-state index contributed by atoms with van der Waals surface area (Å²) < 4.78 is 2.63. The van der Waals surface area contributed by atoms with Crippen molar-refractivity contribution in [2.45, 2.75) is 42.8 Å². The molecule has 20 heavy (non-hydrogen) atoms. The largest absolute Gasteiger partial charge is 0.310 e. The molecule has 0 aliphatic rings. The Kier molecular flexibility index (Phi) is 5.13. The van der Waals surface area contributed by atoms with E-state index in [4.69, 9.17) is 0 Å². The van der Waals surface area contributed by atoms with E-state index < -0.39 is 0 Å². The molecule has 0 aliphatic carbocycles. The van der Waals surface area contributed by atoms with Crippen LogP contribution in [0.3, 0.4) is 0 Å². The van der Waals surface area contributed by atoms with Gasteiger partial charge in [-0.05, 0) is 20.3 Å². The summed E-state index contributed by atoms with van der Waals surface area (Å²) in [5.41, 5.74) is 1.66. The van der Waals surface area contributed by atoms with Crippen molar-refractivity contribution in [3.05, 3.63) is 17.8 Å². The molecule has 0 saturated heterocycles. The van der Waals surface area contributed by atoms with Crippen molar-refractivity contribution in [2.24, 2.45) is 0 Å². The van der Waals surface area contributed by atoms with Crippen LogP contribution in [-0.4, -0.2) is 31.1 Å². The summed E-state index contributed by atoms with van der Waals surface area (Å²) in [6, 6.07) is 2.07. The van der Waals surface area contributed by atoms with Gasteiger partial charge in [-0.1, -0.05) is 30.0 Å². The van der Waals surface area contributed by atoms with E-state index in [1.165, 1.54) is 23.1 Å². The monoisotopic (exact) mass is 311 g/mol. The van der Waals surface area contributed by atoms with Gasteiger partial charge >= 0.3 is 0 Å². The van der Waals surface area contributed by atoms with Crippen LogP contribution in [0.2, 0.25) is 0 Å². The van der Waals surface area contributed by atoms with Gasteiger partial charge in [0.1, 0.15) is 11.3 Å². The topological polar surface area (TPSA) is 72.7 Å². The number of carbonyl (C=O) groups excluding carboxylic acids is 1. The molecule has 2 aromatic rings. The Balaban J connectivity index is 1.99. The predicted molar refractivity (Wildman–Crippen MR) is 81.1 cm³/mol. The van der Waals surface area contributed by atoms with Crippen molar-refractivity contribution >= 4 is 34.8 Å². The molecule has 2 atom stereocenters. The fraction of sp³-hybridized carbons (Fsp3) is 0.500. The Morgan fingerprint density at radius 3 is 3.00 bits per heavy atom. The second kappa shape index (κ2) is 6.85. The van der Waals surface area contributed by atoms with E-state index in [2.05, 4.69) is 34.5 Å². The lowest BCUT2D eigenvalue weighted by molar-refractivity contribution is -0.115. The predicted octanol–water partition coefficient (Wildman–Crippen LogP) is 2.82. The summed E-state index contributed by atoms with van der Waals surface area (Å²) in [5.74, 6) is 0.671. The number of thioether (sulfide) groups is 1. The first-order valence-corrected chi connectivity index (χ1v) is 8.15. The number of hydrogen-bond acceptors (Lipinski definition) is 6. The molecule has 0 aromatic carbocycles. The molecular weight excluding hydrogens is 294 g/mol. The van der Waals surface area contributed by atoms with Gasteiger partial charge in [0.2, 0.25) is 5.91 Å². The smallest absolute Gasteiger partial charge is 0.238 e. The summed E-state index contributed by atoms with van der Waals surface area (Å²) in [6.07, 6.45) is 2.66. The molecule has 0 fully saturated rings. The molecule has 1 N–H and O–H groups in total. The highest BCUT2D eigenvalue weighted by Crippen LogP contribution is 2.25. The lowest BCUT2D eigenvalue weighted by Crippen LogP contribution is -2.24. The van der Waals surface area contributed by atoms with Crippen molar-refractivity contribution < 1.29 is 4.79 Å². The van der Waals surface area contributed by atoms with Crippen LogP contribution in [0.1, 0.15) is 33.2 Å². The van der Waals surface area contributed by atoms with Crippen molar-refractivity contribution in [2.75, 3.05) is 5.32 Å². The van der Waals surface area contributed by atoms with Crippen LogP contribution >= 0.6 is 23.1 Å². The Bertz CT molecular complexity index is 554. The van der Waals surface area contributed by atoms with E-state index in [9.17, 15) is 4.79 Å². The molecule has 2 rings (SSSR count). The number of amides is 1. The molecule has 2 aromatic heterocycles. The SMILES string of the molecule is CC[C@@H](C)n1nccc1NC(=O)[C@H](C)Sc1nncs1. The average Bonchev–Trinajstić information content (AvgIpc) is 3.09. The number of anilines is 1. The van der Waals surface area contributed by atoms with E-state index in [0.29, 0.717) is 0 Å². The molecule has 6 nitrogen and oxygen atoms in total. The van der Waals surface area contributed by atoms with E-state index in [-0.39, 0.29) is 17.2 Å². The fourth-order valence-corrected chi connectivity index (χ4v) is 3.21. The third-order valence-electron chi connectivity index (χ3n) is 2.92. The molecule has 0 saturated carbocycles. The van der Waals surface area contributed by atoms with E-state index in [1.54, 1.807) is 11.7 Å². The van der Waals surface area contributed by atoms with E-state index >= 15 is 0 Å². The van der Waals surface area contributed by atoms with Crippen LogP contribution in [0.4, 0.5) is 5.82 Å². The zero-order valence-corrected chi connectivity index (χ0v) is 13.2. The average molecular weight is 311 g/mol. The summed E-state index contributed by atoms with van der Waals surface area (Å²) in [4.78, 5) is 12.2. The van der Waals surface area contributed by atoms with E-state index in [0.717, 1.165) is 16.6 Å². The van der Waals surface area contributed by atoms with Crippen molar-refractivity contribution in [3.8, 4) is 0 Å². The van der Waals surface area contributed by atoms with Crippen LogP contribution in [0.5, 0.6) is 0 Å². The molecule has 0 spiro atoms. The minimum absolute atomic E-state index is 0.0600. The lowest BCUT2D eigenvalue weighted by Gasteiger charge is -2.15. The molecule has 0 aliphatic heterocycles. The Morgan fingerprint density at radius 2 is 2.35 bits per heavy atom. The van der Waals surface area contributed by atoms with Gasteiger partial charge in [0.15, 0.2) is 4.34 Å². The maximum Gasteiger partial charge on any atom is 0.238 e. The highest BCUT2D eigenvalue weighted by atomic mass is 32.2. The van der Waals surface area contributed by atoms with Gasteiger partial charge in [-0.2, -0.15) is 5.10 Å². The van der Waals surface area contributed by atoms with Gasteiger partial charge in [-0.3, -0.25) is 4.79 Å². The minimum atomic E-state index is -0.233. The van der Waals surface area contributed by atoms with Crippen LogP contribution in [0.25, 0.3) is 0 Å². The fourth-order valence-electron chi connectivity index (χ4n) is 1.58. The maximum absolute atomic E-state index is 12.2. The second-order valence-corrected chi connectivity index (χ2v) is 6.79. The van der Waals surface area contributed by atoms with Crippen molar-refractivity contribution in [3.63, 3.8) is 0 Å². The zero-order chi connectivity index (χ0) is 14.5. The standard InChI is InChI=1S/C12H17N5OS2/c1-4-8(2)17-10(5-6-14-17)15-11(18)9(3)20-12-16-13-7-19-12/h5-9H,4H2,1-3H3,(H,15,18)/t8-,9+/m1/s1. The molecule has 1 amide bonds. The van der Waals surface area contributed by atoms with Gasteiger partial charge in [-0.15, -0.1) is 10.2 Å². The molecular formula is C12H17N5OS2.